The van der Waals surface area contributed by atoms with Crippen molar-refractivity contribution in [3.63, 3.8) is 0 Å². The lowest BCUT2D eigenvalue weighted by Crippen LogP contribution is -1.71. The minimum atomic E-state index is 0.612. The number of rotatable bonds is 1. The van der Waals surface area contributed by atoms with Crippen molar-refractivity contribution in [3.05, 3.63) is 35.9 Å². The summed E-state index contributed by atoms with van der Waals surface area (Å²) >= 11 is 5.53. The molecule has 1 aliphatic rings. The molecule has 0 nitrogen and oxygen atoms in total. The Morgan fingerprint density at radius 3 is 1.40 bits per heavy atom. The second kappa shape index (κ2) is 8.79. The molecule has 1 fully saturated rings. The fourth-order valence-corrected chi connectivity index (χ4v) is 1.98. The minimum absolute atomic E-state index is 0.612. The molecule has 0 bridgehead atoms. The van der Waals surface area contributed by atoms with E-state index in [2.05, 4.69) is 0 Å². The van der Waals surface area contributed by atoms with E-state index in [0.717, 1.165) is 0 Å². The first-order chi connectivity index (χ1) is 7.43. The Kier molecular flexibility index (Phi) is 7.37. The van der Waals surface area contributed by atoms with E-state index >= 15 is 0 Å². The van der Waals surface area contributed by atoms with E-state index in [0.29, 0.717) is 5.88 Å². The van der Waals surface area contributed by atoms with E-state index in [1.54, 1.807) is 0 Å². The summed E-state index contributed by atoms with van der Waals surface area (Å²) in [5.41, 5.74) is 1.18. The van der Waals surface area contributed by atoms with Gasteiger partial charge in [0.2, 0.25) is 0 Å². The van der Waals surface area contributed by atoms with Gasteiger partial charge in [-0.2, -0.15) is 0 Å². The van der Waals surface area contributed by atoms with Crippen LogP contribution in [-0.4, -0.2) is 0 Å². The molecular weight excluding hydrogens is 204 g/mol. The van der Waals surface area contributed by atoms with Gasteiger partial charge >= 0.3 is 0 Å². The Morgan fingerprint density at radius 2 is 1.13 bits per heavy atom. The summed E-state index contributed by atoms with van der Waals surface area (Å²) in [6.45, 7) is 0. The monoisotopic (exact) mass is 224 g/mol. The lowest BCUT2D eigenvalue weighted by atomic mass is 10.2. The van der Waals surface area contributed by atoms with Gasteiger partial charge in [-0.3, -0.25) is 0 Å². The molecule has 1 saturated carbocycles. The maximum atomic E-state index is 5.53. The van der Waals surface area contributed by atoms with Crippen LogP contribution in [0.5, 0.6) is 0 Å². The van der Waals surface area contributed by atoms with Crippen molar-refractivity contribution in [2.75, 3.05) is 0 Å². The van der Waals surface area contributed by atoms with Crippen LogP contribution in [0.3, 0.4) is 0 Å². The predicted octanol–water partition coefficient (Wildman–Crippen LogP) is 5.16. The molecule has 0 aromatic heterocycles. The van der Waals surface area contributed by atoms with Gasteiger partial charge in [0.1, 0.15) is 0 Å². The van der Waals surface area contributed by atoms with Crippen molar-refractivity contribution >= 4 is 11.6 Å². The van der Waals surface area contributed by atoms with Crippen LogP contribution in [0, 0.1) is 0 Å². The van der Waals surface area contributed by atoms with Gasteiger partial charge in [0.05, 0.1) is 0 Å². The Labute approximate surface area is 98.7 Å². The third-order valence-corrected chi connectivity index (χ3v) is 3.06. The second-order valence-corrected chi connectivity index (χ2v) is 4.36. The molecule has 0 radical (unpaired) electrons. The third kappa shape index (κ3) is 6.57. The molecule has 15 heavy (non-hydrogen) atoms. The van der Waals surface area contributed by atoms with Crippen LogP contribution in [0.2, 0.25) is 0 Å². The molecule has 1 aliphatic carbocycles. The van der Waals surface area contributed by atoms with Gasteiger partial charge in [-0.15, -0.1) is 11.6 Å². The summed E-state index contributed by atoms with van der Waals surface area (Å²) in [6.07, 6.45) is 10.5. The fraction of sp³-hybridized carbons (Fsp3) is 0.571. The van der Waals surface area contributed by atoms with Crippen molar-refractivity contribution in [3.8, 4) is 0 Å². The molecule has 0 aliphatic heterocycles. The van der Waals surface area contributed by atoms with Crippen molar-refractivity contribution in [2.45, 2.75) is 50.8 Å². The Balaban J connectivity index is 0.000000151. The van der Waals surface area contributed by atoms with Gasteiger partial charge in [0, 0.05) is 5.88 Å². The lowest BCUT2D eigenvalue weighted by molar-refractivity contribution is 0.702. The average Bonchev–Trinajstić information content (AvgIpc) is 2.63. The Morgan fingerprint density at radius 1 is 0.733 bits per heavy atom. The van der Waals surface area contributed by atoms with Crippen molar-refractivity contribution in [1.82, 2.24) is 0 Å². The van der Waals surface area contributed by atoms with Crippen LogP contribution in [0.15, 0.2) is 30.3 Å². The van der Waals surface area contributed by atoms with Crippen molar-refractivity contribution in [1.29, 1.82) is 0 Å². The van der Waals surface area contributed by atoms with Gasteiger partial charge in [0.15, 0.2) is 0 Å². The summed E-state index contributed by atoms with van der Waals surface area (Å²) in [5, 5.41) is 0. The SMILES string of the molecule is C1CCCCCC1.ClCc1ccccc1. The summed E-state index contributed by atoms with van der Waals surface area (Å²) < 4.78 is 0. The average molecular weight is 225 g/mol. The molecule has 0 N–H and O–H groups in total. The summed E-state index contributed by atoms with van der Waals surface area (Å²) in [5.74, 6) is 0.612. The Bertz CT molecular complexity index is 211. The molecule has 1 aromatic carbocycles. The highest BCUT2D eigenvalue weighted by atomic mass is 35.5. The Hall–Kier alpha value is -0.490. The zero-order valence-electron chi connectivity index (χ0n) is 9.42. The van der Waals surface area contributed by atoms with Gasteiger partial charge < -0.3 is 0 Å². The molecule has 0 atom stereocenters. The van der Waals surface area contributed by atoms with Gasteiger partial charge in [-0.25, -0.2) is 0 Å². The summed E-state index contributed by atoms with van der Waals surface area (Å²) in [7, 11) is 0. The molecular formula is C14H21Cl. The molecule has 1 aromatic rings. The quantitative estimate of drug-likeness (QED) is 0.457. The standard InChI is InChI=1S/C7H7Cl.C7H14/c8-6-7-4-2-1-3-5-7;1-2-4-6-7-5-3-1/h1-5H,6H2;1-7H2. The smallest absolute Gasteiger partial charge is 0.0474 e. The highest BCUT2D eigenvalue weighted by Gasteiger charge is 1.95. The predicted molar refractivity (Wildman–Crippen MR) is 68.3 cm³/mol. The summed E-state index contributed by atoms with van der Waals surface area (Å²) in [6, 6.07) is 9.96. The van der Waals surface area contributed by atoms with E-state index in [4.69, 9.17) is 11.6 Å². The molecule has 1 heteroatoms. The van der Waals surface area contributed by atoms with E-state index in [1.165, 1.54) is 50.5 Å². The third-order valence-electron chi connectivity index (χ3n) is 2.75. The molecule has 0 unspecified atom stereocenters. The maximum absolute atomic E-state index is 5.53. The van der Waals surface area contributed by atoms with Crippen molar-refractivity contribution < 1.29 is 0 Å². The lowest BCUT2D eigenvalue weighted by Gasteiger charge is -1.88. The molecule has 84 valence electrons. The number of benzene rings is 1. The van der Waals surface area contributed by atoms with Gasteiger partial charge in [-0.1, -0.05) is 75.3 Å². The van der Waals surface area contributed by atoms with Gasteiger partial charge in [0.25, 0.3) is 0 Å². The van der Waals surface area contributed by atoms with Crippen molar-refractivity contribution in [2.24, 2.45) is 0 Å². The zero-order valence-corrected chi connectivity index (χ0v) is 10.2. The number of halogens is 1. The van der Waals surface area contributed by atoms with E-state index in [9.17, 15) is 0 Å². The molecule has 0 saturated heterocycles. The zero-order chi connectivity index (χ0) is 10.8. The van der Waals surface area contributed by atoms with Crippen LogP contribution in [0.1, 0.15) is 50.5 Å². The maximum Gasteiger partial charge on any atom is 0.0474 e. The fourth-order valence-electron chi connectivity index (χ4n) is 1.80. The highest BCUT2D eigenvalue weighted by molar-refractivity contribution is 6.17. The number of hydrogen-bond acceptors (Lipinski definition) is 0. The van der Waals surface area contributed by atoms with Crippen LogP contribution in [-0.2, 0) is 5.88 Å². The van der Waals surface area contributed by atoms with E-state index in [-0.39, 0.29) is 0 Å². The van der Waals surface area contributed by atoms with Crippen LogP contribution in [0.4, 0.5) is 0 Å². The van der Waals surface area contributed by atoms with Crippen LogP contribution < -0.4 is 0 Å². The van der Waals surface area contributed by atoms with E-state index < -0.39 is 0 Å². The highest BCUT2D eigenvalue weighted by Crippen LogP contribution is 2.15. The van der Waals surface area contributed by atoms with Crippen LogP contribution >= 0.6 is 11.6 Å². The molecule has 0 heterocycles. The van der Waals surface area contributed by atoms with Gasteiger partial charge in [-0.05, 0) is 5.56 Å². The topological polar surface area (TPSA) is 0 Å². The molecule has 0 amide bonds. The van der Waals surface area contributed by atoms with E-state index in [1.807, 2.05) is 30.3 Å². The van der Waals surface area contributed by atoms with Crippen LogP contribution in [0.25, 0.3) is 0 Å². The first kappa shape index (κ1) is 12.6. The second-order valence-electron chi connectivity index (χ2n) is 4.09. The first-order valence-corrected chi connectivity index (χ1v) is 6.57. The largest absolute Gasteiger partial charge is 0.122 e. The number of hydrogen-bond donors (Lipinski definition) is 0. The normalized spacial score (nSPS) is 16.1. The molecule has 0 spiro atoms. The number of alkyl halides is 1. The summed E-state index contributed by atoms with van der Waals surface area (Å²) in [4.78, 5) is 0. The first-order valence-electron chi connectivity index (χ1n) is 6.03. The molecule has 2 rings (SSSR count). The minimum Gasteiger partial charge on any atom is -0.122 e.